The van der Waals surface area contributed by atoms with Crippen molar-refractivity contribution in [1.82, 2.24) is 14.5 Å². The number of aryl methyl sites for hydroxylation is 1. The number of nitrogens with zero attached hydrogens (tertiary/aromatic N) is 4. The molecule has 134 valence electrons. The molecule has 3 heterocycles. The summed E-state index contributed by atoms with van der Waals surface area (Å²) in [5.41, 5.74) is 3.75. The van der Waals surface area contributed by atoms with Crippen LogP contribution in [0.4, 0.5) is 11.5 Å². The summed E-state index contributed by atoms with van der Waals surface area (Å²) in [6, 6.07) is 10.4. The van der Waals surface area contributed by atoms with Crippen molar-refractivity contribution >= 4 is 22.5 Å². The standard InChI is InChI=1S/C20H23N5O/c1-24-18-14-21-10-9-17(18)23-19(20(24)26)22-13-15-5-7-16(8-6-15)25-11-3-2-4-12-25/h5-10,14H,2-4,11-13H2,1H3,(H,22,23). The number of anilines is 2. The Morgan fingerprint density at radius 3 is 2.62 bits per heavy atom. The van der Waals surface area contributed by atoms with E-state index in [0.29, 0.717) is 12.4 Å². The molecule has 0 unspecified atom stereocenters. The molecule has 2 aromatic heterocycles. The van der Waals surface area contributed by atoms with Crippen LogP contribution in [0.2, 0.25) is 0 Å². The van der Waals surface area contributed by atoms with Crippen molar-refractivity contribution in [2.45, 2.75) is 25.8 Å². The average molecular weight is 349 g/mol. The van der Waals surface area contributed by atoms with Gasteiger partial charge in [-0.3, -0.25) is 9.78 Å². The van der Waals surface area contributed by atoms with Gasteiger partial charge < -0.3 is 14.8 Å². The molecule has 0 aliphatic carbocycles. The van der Waals surface area contributed by atoms with Gasteiger partial charge in [0.25, 0.3) is 5.56 Å². The molecule has 1 saturated heterocycles. The summed E-state index contributed by atoms with van der Waals surface area (Å²) in [6.07, 6.45) is 7.23. The van der Waals surface area contributed by atoms with E-state index < -0.39 is 0 Å². The van der Waals surface area contributed by atoms with Gasteiger partial charge >= 0.3 is 0 Å². The molecule has 0 atom stereocenters. The van der Waals surface area contributed by atoms with E-state index in [1.165, 1.54) is 24.9 Å². The number of piperidine rings is 1. The highest BCUT2D eigenvalue weighted by Gasteiger charge is 2.11. The van der Waals surface area contributed by atoms with Crippen LogP contribution in [0.1, 0.15) is 24.8 Å². The Morgan fingerprint density at radius 1 is 1.08 bits per heavy atom. The largest absolute Gasteiger partial charge is 0.372 e. The summed E-state index contributed by atoms with van der Waals surface area (Å²) in [4.78, 5) is 23.4. The number of hydrogen-bond donors (Lipinski definition) is 1. The minimum absolute atomic E-state index is 0.143. The highest BCUT2D eigenvalue weighted by molar-refractivity contribution is 5.74. The molecule has 1 aliphatic heterocycles. The van der Waals surface area contributed by atoms with Gasteiger partial charge in [0, 0.05) is 38.6 Å². The predicted molar refractivity (Wildman–Crippen MR) is 105 cm³/mol. The van der Waals surface area contributed by atoms with E-state index in [1.54, 1.807) is 24.0 Å². The molecule has 6 heteroatoms. The van der Waals surface area contributed by atoms with Crippen LogP contribution in [-0.2, 0) is 13.6 Å². The van der Waals surface area contributed by atoms with E-state index in [0.717, 1.165) is 29.7 Å². The Kier molecular flexibility index (Phi) is 4.56. The quantitative estimate of drug-likeness (QED) is 0.785. The van der Waals surface area contributed by atoms with Crippen LogP contribution in [-0.4, -0.2) is 27.6 Å². The summed E-state index contributed by atoms with van der Waals surface area (Å²) >= 11 is 0. The van der Waals surface area contributed by atoms with Gasteiger partial charge in [-0.15, -0.1) is 0 Å². The van der Waals surface area contributed by atoms with Crippen LogP contribution >= 0.6 is 0 Å². The molecular weight excluding hydrogens is 326 g/mol. The van der Waals surface area contributed by atoms with E-state index in [2.05, 4.69) is 44.5 Å². The van der Waals surface area contributed by atoms with E-state index in [1.807, 2.05) is 6.07 Å². The Bertz CT molecular complexity index is 958. The Balaban J connectivity index is 1.49. The van der Waals surface area contributed by atoms with Gasteiger partial charge in [-0.05, 0) is 43.0 Å². The number of nitrogens with one attached hydrogen (secondary N) is 1. The van der Waals surface area contributed by atoms with Crippen molar-refractivity contribution in [3.63, 3.8) is 0 Å². The first-order valence-corrected chi connectivity index (χ1v) is 9.11. The zero-order valence-corrected chi connectivity index (χ0v) is 15.0. The van der Waals surface area contributed by atoms with E-state index >= 15 is 0 Å². The third-order valence-electron chi connectivity index (χ3n) is 5.00. The number of hydrogen-bond acceptors (Lipinski definition) is 5. The minimum Gasteiger partial charge on any atom is -0.372 e. The van der Waals surface area contributed by atoms with Gasteiger partial charge in [-0.1, -0.05) is 12.1 Å². The van der Waals surface area contributed by atoms with Gasteiger partial charge in [0.2, 0.25) is 0 Å². The molecule has 4 rings (SSSR count). The van der Waals surface area contributed by atoms with Gasteiger partial charge in [0.15, 0.2) is 5.82 Å². The highest BCUT2D eigenvalue weighted by atomic mass is 16.1. The molecule has 0 bridgehead atoms. The van der Waals surface area contributed by atoms with E-state index in [-0.39, 0.29) is 5.56 Å². The lowest BCUT2D eigenvalue weighted by Crippen LogP contribution is -2.29. The first kappa shape index (κ1) is 16.6. The molecular formula is C20H23N5O. The monoisotopic (exact) mass is 349 g/mol. The van der Waals surface area contributed by atoms with E-state index in [9.17, 15) is 4.79 Å². The lowest BCUT2D eigenvalue weighted by Gasteiger charge is -2.28. The van der Waals surface area contributed by atoms with Crippen molar-refractivity contribution in [3.8, 4) is 0 Å². The van der Waals surface area contributed by atoms with Gasteiger partial charge in [0.05, 0.1) is 17.2 Å². The molecule has 0 saturated carbocycles. The van der Waals surface area contributed by atoms with Crippen LogP contribution < -0.4 is 15.8 Å². The fourth-order valence-corrected chi connectivity index (χ4v) is 3.45. The SMILES string of the molecule is Cn1c(=O)c(NCc2ccc(N3CCCCC3)cc2)nc2ccncc21. The summed E-state index contributed by atoms with van der Waals surface area (Å²) in [5, 5.41) is 3.18. The zero-order chi connectivity index (χ0) is 17.9. The molecule has 1 aromatic carbocycles. The molecule has 6 nitrogen and oxygen atoms in total. The fraction of sp³-hybridized carbons (Fsp3) is 0.350. The molecule has 1 N–H and O–H groups in total. The summed E-state index contributed by atoms with van der Waals surface area (Å²) in [6.45, 7) is 2.85. The number of rotatable bonds is 4. The third-order valence-corrected chi connectivity index (χ3v) is 5.00. The van der Waals surface area contributed by atoms with Gasteiger partial charge in [-0.2, -0.15) is 0 Å². The van der Waals surface area contributed by atoms with Gasteiger partial charge in [0.1, 0.15) is 0 Å². The first-order chi connectivity index (χ1) is 12.7. The first-order valence-electron chi connectivity index (χ1n) is 9.11. The summed E-state index contributed by atoms with van der Waals surface area (Å²) in [5.74, 6) is 0.367. The highest BCUT2D eigenvalue weighted by Crippen LogP contribution is 2.20. The Hall–Kier alpha value is -2.89. The van der Waals surface area contributed by atoms with Crippen molar-refractivity contribution < 1.29 is 0 Å². The second kappa shape index (κ2) is 7.15. The van der Waals surface area contributed by atoms with Crippen LogP contribution in [0.25, 0.3) is 11.0 Å². The topological polar surface area (TPSA) is 63.1 Å². The fourth-order valence-electron chi connectivity index (χ4n) is 3.45. The van der Waals surface area contributed by atoms with Gasteiger partial charge in [-0.25, -0.2) is 4.98 Å². The van der Waals surface area contributed by atoms with Crippen molar-refractivity contribution in [1.29, 1.82) is 0 Å². The molecule has 1 aliphatic rings. The predicted octanol–water partition coefficient (Wildman–Crippen LogP) is 2.93. The number of aromatic nitrogens is 3. The molecule has 3 aromatic rings. The molecule has 0 amide bonds. The lowest BCUT2D eigenvalue weighted by atomic mass is 10.1. The minimum atomic E-state index is -0.143. The second-order valence-electron chi connectivity index (χ2n) is 6.76. The molecule has 26 heavy (non-hydrogen) atoms. The van der Waals surface area contributed by atoms with Crippen LogP contribution in [0, 0.1) is 0 Å². The van der Waals surface area contributed by atoms with Crippen molar-refractivity contribution in [3.05, 3.63) is 58.6 Å². The van der Waals surface area contributed by atoms with Crippen LogP contribution in [0.15, 0.2) is 47.5 Å². The van der Waals surface area contributed by atoms with Crippen LogP contribution in [0.5, 0.6) is 0 Å². The zero-order valence-electron chi connectivity index (χ0n) is 15.0. The lowest BCUT2D eigenvalue weighted by molar-refractivity contribution is 0.578. The smallest absolute Gasteiger partial charge is 0.293 e. The maximum Gasteiger partial charge on any atom is 0.293 e. The third kappa shape index (κ3) is 3.27. The number of pyridine rings is 1. The Morgan fingerprint density at radius 2 is 1.85 bits per heavy atom. The normalized spacial score (nSPS) is 14.6. The van der Waals surface area contributed by atoms with E-state index in [4.69, 9.17) is 0 Å². The maximum absolute atomic E-state index is 12.5. The van der Waals surface area contributed by atoms with Crippen LogP contribution in [0.3, 0.4) is 0 Å². The average Bonchev–Trinajstić information content (AvgIpc) is 2.71. The van der Waals surface area contributed by atoms with Crippen molar-refractivity contribution in [2.75, 3.05) is 23.3 Å². The summed E-state index contributed by atoms with van der Waals surface area (Å²) < 4.78 is 1.58. The molecule has 0 radical (unpaired) electrons. The molecule has 0 spiro atoms. The molecule has 1 fully saturated rings. The number of benzene rings is 1. The summed E-state index contributed by atoms with van der Waals surface area (Å²) in [7, 11) is 1.74. The second-order valence-corrected chi connectivity index (χ2v) is 6.76. The number of fused-ring (bicyclic) bond motifs is 1. The van der Waals surface area contributed by atoms with Crippen molar-refractivity contribution in [2.24, 2.45) is 7.05 Å². The maximum atomic E-state index is 12.5. The Labute approximate surface area is 152 Å².